The zero-order valence-electron chi connectivity index (χ0n) is 8.17. The number of nitrogens with two attached hydrogens (primary N) is 1. The van der Waals surface area contributed by atoms with Gasteiger partial charge in [-0.1, -0.05) is 0 Å². The van der Waals surface area contributed by atoms with Crippen LogP contribution >= 0.6 is 27.7 Å². The molecule has 0 aliphatic rings. The van der Waals surface area contributed by atoms with Gasteiger partial charge in [-0.15, -0.1) is 11.8 Å². The molecule has 0 aliphatic heterocycles. The van der Waals surface area contributed by atoms with Crippen molar-refractivity contribution in [3.63, 3.8) is 0 Å². The Labute approximate surface area is 104 Å². The fourth-order valence-electron chi connectivity index (χ4n) is 0.953. The van der Waals surface area contributed by atoms with Crippen molar-refractivity contribution in [3.05, 3.63) is 22.8 Å². The molecule has 0 bridgehead atoms. The lowest BCUT2D eigenvalue weighted by Gasteiger charge is -2.17. The van der Waals surface area contributed by atoms with Crippen LogP contribution in [0.25, 0.3) is 0 Å². The monoisotopic (exact) mass is 314 g/mol. The predicted octanol–water partition coefficient (Wildman–Crippen LogP) is 3.07. The summed E-state index contributed by atoms with van der Waals surface area (Å²) in [6.07, 6.45) is -2.71. The molecule has 2 nitrogen and oxygen atoms in total. The Bertz CT molecular complexity index is 346. The van der Waals surface area contributed by atoms with Gasteiger partial charge in [-0.05, 0) is 28.1 Å². The lowest BCUT2D eigenvalue weighted by Crippen LogP contribution is -2.32. The summed E-state index contributed by atoms with van der Waals surface area (Å²) in [6.45, 7) is -0.402. The van der Waals surface area contributed by atoms with Crippen molar-refractivity contribution >= 4 is 27.7 Å². The summed E-state index contributed by atoms with van der Waals surface area (Å²) in [6, 6.07) is 3.44. The summed E-state index contributed by atoms with van der Waals surface area (Å²) in [4.78, 5) is 3.97. The Morgan fingerprint density at radius 1 is 1.50 bits per heavy atom. The Morgan fingerprint density at radius 2 is 2.19 bits per heavy atom. The zero-order valence-corrected chi connectivity index (χ0v) is 10.6. The van der Waals surface area contributed by atoms with Crippen molar-refractivity contribution in [1.82, 2.24) is 4.98 Å². The van der Waals surface area contributed by atoms with E-state index in [2.05, 4.69) is 20.9 Å². The molecule has 1 unspecified atom stereocenters. The fourth-order valence-corrected chi connectivity index (χ4v) is 2.58. The summed E-state index contributed by atoms with van der Waals surface area (Å²) in [5.74, 6) is -1.61. The molecule has 0 fully saturated rings. The first-order chi connectivity index (χ1) is 7.45. The lowest BCUT2D eigenvalue weighted by molar-refractivity contribution is -0.165. The molecular weight excluding hydrogens is 305 g/mol. The highest BCUT2D eigenvalue weighted by atomic mass is 79.9. The van der Waals surface area contributed by atoms with Crippen molar-refractivity contribution in [2.45, 2.75) is 11.2 Å². The molecule has 0 saturated carbocycles. The molecule has 0 aromatic carbocycles. The van der Waals surface area contributed by atoms with Gasteiger partial charge >= 0.3 is 6.18 Å². The normalized spacial score (nSPS) is 13.8. The number of halogens is 4. The van der Waals surface area contributed by atoms with Gasteiger partial charge in [-0.25, -0.2) is 4.98 Å². The van der Waals surface area contributed by atoms with E-state index in [1.807, 2.05) is 0 Å². The van der Waals surface area contributed by atoms with Gasteiger partial charge in [-0.3, -0.25) is 0 Å². The van der Waals surface area contributed by atoms with Gasteiger partial charge in [0.1, 0.15) is 5.03 Å². The summed E-state index contributed by atoms with van der Waals surface area (Å²) in [5, 5.41) is 0.546. The first kappa shape index (κ1) is 13.8. The molecule has 1 atom stereocenters. The number of alkyl halides is 3. The van der Waals surface area contributed by atoms with Gasteiger partial charge in [0.25, 0.3) is 0 Å². The van der Waals surface area contributed by atoms with Crippen LogP contribution in [0.2, 0.25) is 0 Å². The third-order valence-electron chi connectivity index (χ3n) is 1.89. The number of pyridine rings is 1. The van der Waals surface area contributed by atoms with Gasteiger partial charge in [0.15, 0.2) is 0 Å². The Morgan fingerprint density at radius 3 is 2.69 bits per heavy atom. The van der Waals surface area contributed by atoms with E-state index in [0.717, 1.165) is 11.8 Å². The third-order valence-corrected chi connectivity index (χ3v) is 3.96. The molecule has 7 heteroatoms. The predicted molar refractivity (Wildman–Crippen MR) is 61.3 cm³/mol. The Balaban J connectivity index is 2.60. The van der Waals surface area contributed by atoms with E-state index in [1.54, 1.807) is 12.1 Å². The van der Waals surface area contributed by atoms with Gasteiger partial charge in [0, 0.05) is 23.0 Å². The Kier molecular flexibility index (Phi) is 5.07. The third kappa shape index (κ3) is 3.95. The van der Waals surface area contributed by atoms with Gasteiger partial charge < -0.3 is 5.73 Å². The molecule has 16 heavy (non-hydrogen) atoms. The van der Waals surface area contributed by atoms with Gasteiger partial charge in [0.2, 0.25) is 0 Å². The highest BCUT2D eigenvalue weighted by molar-refractivity contribution is 9.10. The highest BCUT2D eigenvalue weighted by Gasteiger charge is 2.38. The van der Waals surface area contributed by atoms with Crippen LogP contribution in [-0.4, -0.2) is 23.5 Å². The second-order valence-corrected chi connectivity index (χ2v) is 4.94. The van der Waals surface area contributed by atoms with Crippen molar-refractivity contribution in [2.24, 2.45) is 11.7 Å². The van der Waals surface area contributed by atoms with Gasteiger partial charge in [-0.2, -0.15) is 13.2 Å². The largest absolute Gasteiger partial charge is 0.393 e. The second kappa shape index (κ2) is 5.88. The molecule has 0 saturated heterocycles. The maximum absolute atomic E-state index is 12.4. The molecule has 2 N–H and O–H groups in total. The minimum atomic E-state index is -4.25. The van der Waals surface area contributed by atoms with Crippen LogP contribution in [0.15, 0.2) is 27.8 Å². The second-order valence-electron chi connectivity index (χ2n) is 3.08. The lowest BCUT2D eigenvalue weighted by atomic mass is 10.2. The summed E-state index contributed by atoms with van der Waals surface area (Å²) in [5.41, 5.74) is 5.10. The number of thioether (sulfide) groups is 1. The van der Waals surface area contributed by atoms with Crippen LogP contribution < -0.4 is 5.73 Å². The number of aromatic nitrogens is 1. The molecule has 0 radical (unpaired) electrons. The van der Waals surface area contributed by atoms with E-state index < -0.39 is 18.6 Å². The Hall–Kier alpha value is -0.270. The standard InChI is InChI=1S/C9H10BrF3N2S/c10-7-2-1-3-15-8(7)16-5-6(4-14)9(11,12)13/h1-3,6H,4-5,14H2. The van der Waals surface area contributed by atoms with Crippen molar-refractivity contribution in [1.29, 1.82) is 0 Å². The highest BCUT2D eigenvalue weighted by Crippen LogP contribution is 2.32. The molecule has 1 rings (SSSR count). The van der Waals surface area contributed by atoms with Crippen LogP contribution in [0.3, 0.4) is 0 Å². The number of rotatable bonds is 4. The SMILES string of the molecule is NCC(CSc1ncccc1Br)C(F)(F)F. The average molecular weight is 315 g/mol. The van der Waals surface area contributed by atoms with Crippen LogP contribution in [0.4, 0.5) is 13.2 Å². The molecule has 90 valence electrons. The van der Waals surface area contributed by atoms with Crippen LogP contribution in [0.5, 0.6) is 0 Å². The van der Waals surface area contributed by atoms with E-state index in [4.69, 9.17) is 5.73 Å². The zero-order chi connectivity index (χ0) is 12.2. The van der Waals surface area contributed by atoms with E-state index in [-0.39, 0.29) is 5.75 Å². The van der Waals surface area contributed by atoms with E-state index >= 15 is 0 Å². The van der Waals surface area contributed by atoms with Crippen molar-refractivity contribution in [3.8, 4) is 0 Å². The number of hydrogen-bond donors (Lipinski definition) is 1. The quantitative estimate of drug-likeness (QED) is 0.868. The molecule has 1 aromatic rings. The minimum Gasteiger partial charge on any atom is -0.330 e. The number of nitrogens with zero attached hydrogens (tertiary/aromatic N) is 1. The molecule has 0 amide bonds. The molecule has 1 aromatic heterocycles. The maximum atomic E-state index is 12.4. The summed E-state index contributed by atoms with van der Waals surface area (Å²) >= 11 is 4.27. The van der Waals surface area contributed by atoms with Gasteiger partial charge in [0.05, 0.1) is 5.92 Å². The molecule has 0 spiro atoms. The van der Waals surface area contributed by atoms with Crippen LogP contribution in [0, 0.1) is 5.92 Å². The van der Waals surface area contributed by atoms with Crippen molar-refractivity contribution in [2.75, 3.05) is 12.3 Å². The van der Waals surface area contributed by atoms with E-state index in [1.165, 1.54) is 6.20 Å². The van der Waals surface area contributed by atoms with E-state index in [0.29, 0.717) is 9.50 Å². The first-order valence-corrected chi connectivity index (χ1v) is 6.23. The smallest absolute Gasteiger partial charge is 0.330 e. The van der Waals surface area contributed by atoms with Crippen LogP contribution in [-0.2, 0) is 0 Å². The molecule has 1 heterocycles. The first-order valence-electron chi connectivity index (χ1n) is 4.45. The van der Waals surface area contributed by atoms with E-state index in [9.17, 15) is 13.2 Å². The average Bonchev–Trinajstić information content (AvgIpc) is 2.19. The summed E-state index contributed by atoms with van der Waals surface area (Å²) < 4.78 is 37.9. The molecular formula is C9H10BrF3N2S. The fraction of sp³-hybridized carbons (Fsp3) is 0.444. The van der Waals surface area contributed by atoms with Crippen molar-refractivity contribution < 1.29 is 13.2 Å². The topological polar surface area (TPSA) is 38.9 Å². The summed E-state index contributed by atoms with van der Waals surface area (Å²) in [7, 11) is 0. The molecule has 0 aliphatic carbocycles. The number of hydrogen-bond acceptors (Lipinski definition) is 3. The minimum absolute atomic E-state index is 0.115. The maximum Gasteiger partial charge on any atom is 0.393 e. The van der Waals surface area contributed by atoms with Crippen LogP contribution in [0.1, 0.15) is 0 Å².